The van der Waals surface area contributed by atoms with Gasteiger partial charge in [0, 0.05) is 12.1 Å². The molecular formula is C11H23NO. The Kier molecular flexibility index (Phi) is 4.20. The van der Waals surface area contributed by atoms with Crippen LogP contribution < -0.4 is 0 Å². The maximum atomic E-state index is 9.93. The quantitative estimate of drug-likeness (QED) is 0.665. The van der Waals surface area contributed by atoms with Crippen LogP contribution in [0.25, 0.3) is 0 Å². The van der Waals surface area contributed by atoms with Crippen LogP contribution in [0.1, 0.15) is 46.0 Å². The van der Waals surface area contributed by atoms with Crippen molar-refractivity contribution in [2.75, 3.05) is 7.05 Å². The third-order valence-corrected chi connectivity index (χ3v) is 3.28. The van der Waals surface area contributed by atoms with Crippen LogP contribution in [0.4, 0.5) is 0 Å². The van der Waals surface area contributed by atoms with Gasteiger partial charge >= 0.3 is 0 Å². The number of nitrogens with zero attached hydrogens (tertiary/aromatic N) is 1. The summed E-state index contributed by atoms with van der Waals surface area (Å²) in [7, 11) is 2.13. The highest BCUT2D eigenvalue weighted by atomic mass is 16.3. The first-order valence-corrected chi connectivity index (χ1v) is 5.53. The second-order valence-corrected chi connectivity index (χ2v) is 4.53. The van der Waals surface area contributed by atoms with Crippen molar-refractivity contribution < 1.29 is 5.11 Å². The molecule has 2 heteroatoms. The number of aliphatic hydroxyl groups is 1. The minimum Gasteiger partial charge on any atom is -0.391 e. The molecule has 78 valence electrons. The van der Waals surface area contributed by atoms with E-state index in [4.69, 9.17) is 0 Å². The van der Waals surface area contributed by atoms with Crippen molar-refractivity contribution in [3.05, 3.63) is 0 Å². The number of hydrogen-bond donors (Lipinski definition) is 1. The zero-order valence-corrected chi connectivity index (χ0v) is 9.16. The first kappa shape index (κ1) is 11.0. The molecule has 1 saturated carbocycles. The highest BCUT2D eigenvalue weighted by Gasteiger charge is 2.26. The summed E-state index contributed by atoms with van der Waals surface area (Å²) in [5, 5.41) is 9.93. The molecule has 0 amide bonds. The number of aliphatic hydroxyl groups excluding tert-OH is 1. The standard InChI is InChI=1S/C11H23NO/c1-9(2)12(3)10-7-5-4-6-8-11(10)13/h9-11,13H,4-8H2,1-3H3. The van der Waals surface area contributed by atoms with E-state index in [0.29, 0.717) is 12.1 Å². The number of rotatable bonds is 2. The Morgan fingerprint density at radius 2 is 1.77 bits per heavy atom. The van der Waals surface area contributed by atoms with Crippen LogP contribution in [-0.4, -0.2) is 35.2 Å². The molecule has 0 bridgehead atoms. The van der Waals surface area contributed by atoms with Crippen molar-refractivity contribution in [3.8, 4) is 0 Å². The fourth-order valence-electron chi connectivity index (χ4n) is 2.13. The van der Waals surface area contributed by atoms with Gasteiger partial charge < -0.3 is 5.11 Å². The summed E-state index contributed by atoms with van der Waals surface area (Å²) in [6, 6.07) is 0.931. The van der Waals surface area contributed by atoms with Crippen molar-refractivity contribution in [2.45, 2.75) is 64.1 Å². The largest absolute Gasteiger partial charge is 0.391 e. The summed E-state index contributed by atoms with van der Waals surface area (Å²) in [5.41, 5.74) is 0. The average molecular weight is 185 g/mol. The fourth-order valence-corrected chi connectivity index (χ4v) is 2.13. The first-order chi connectivity index (χ1) is 6.13. The van der Waals surface area contributed by atoms with E-state index in [0.717, 1.165) is 12.8 Å². The molecule has 0 radical (unpaired) electrons. The molecule has 0 spiro atoms. The summed E-state index contributed by atoms with van der Waals surface area (Å²) in [6.07, 6.45) is 5.81. The van der Waals surface area contributed by atoms with Gasteiger partial charge in [-0.3, -0.25) is 4.90 Å². The Morgan fingerprint density at radius 1 is 1.15 bits per heavy atom. The molecule has 1 aliphatic rings. The zero-order valence-electron chi connectivity index (χ0n) is 9.16. The first-order valence-electron chi connectivity index (χ1n) is 5.53. The van der Waals surface area contributed by atoms with E-state index in [-0.39, 0.29) is 6.10 Å². The molecule has 0 aliphatic heterocycles. The van der Waals surface area contributed by atoms with Crippen LogP contribution in [0.2, 0.25) is 0 Å². The van der Waals surface area contributed by atoms with Crippen molar-refractivity contribution in [3.63, 3.8) is 0 Å². The normalized spacial score (nSPS) is 30.9. The number of hydrogen-bond acceptors (Lipinski definition) is 2. The predicted octanol–water partition coefficient (Wildman–Crippen LogP) is 2.02. The lowest BCUT2D eigenvalue weighted by Crippen LogP contribution is -2.44. The topological polar surface area (TPSA) is 23.5 Å². The van der Waals surface area contributed by atoms with Crippen LogP contribution in [0.3, 0.4) is 0 Å². The van der Waals surface area contributed by atoms with Crippen LogP contribution in [-0.2, 0) is 0 Å². The van der Waals surface area contributed by atoms with E-state index in [1.54, 1.807) is 0 Å². The minimum absolute atomic E-state index is 0.102. The molecular weight excluding hydrogens is 162 g/mol. The molecule has 1 rings (SSSR count). The summed E-state index contributed by atoms with van der Waals surface area (Å²) >= 11 is 0. The van der Waals surface area contributed by atoms with Gasteiger partial charge in [-0.25, -0.2) is 0 Å². The molecule has 2 atom stereocenters. The van der Waals surface area contributed by atoms with Crippen molar-refractivity contribution in [1.82, 2.24) is 4.90 Å². The molecule has 2 unspecified atom stereocenters. The fraction of sp³-hybridized carbons (Fsp3) is 1.00. The van der Waals surface area contributed by atoms with Gasteiger partial charge in [0.25, 0.3) is 0 Å². The lowest BCUT2D eigenvalue weighted by molar-refractivity contribution is 0.0433. The third-order valence-electron chi connectivity index (χ3n) is 3.28. The van der Waals surface area contributed by atoms with Gasteiger partial charge in [0.05, 0.1) is 6.10 Å². The Bertz CT molecular complexity index is 147. The summed E-state index contributed by atoms with van der Waals surface area (Å²) in [6.45, 7) is 4.38. The third kappa shape index (κ3) is 2.96. The maximum absolute atomic E-state index is 9.93. The molecule has 0 aromatic carbocycles. The molecule has 0 saturated heterocycles. The lowest BCUT2D eigenvalue weighted by Gasteiger charge is -2.33. The lowest BCUT2D eigenvalue weighted by atomic mass is 10.0. The van der Waals surface area contributed by atoms with Gasteiger partial charge in [0.15, 0.2) is 0 Å². The minimum atomic E-state index is -0.102. The van der Waals surface area contributed by atoms with E-state index in [1.807, 2.05) is 0 Å². The van der Waals surface area contributed by atoms with Gasteiger partial charge in [0.1, 0.15) is 0 Å². The zero-order chi connectivity index (χ0) is 9.84. The van der Waals surface area contributed by atoms with E-state index in [1.165, 1.54) is 19.3 Å². The van der Waals surface area contributed by atoms with Crippen LogP contribution in [0.5, 0.6) is 0 Å². The maximum Gasteiger partial charge on any atom is 0.0695 e. The van der Waals surface area contributed by atoms with Crippen molar-refractivity contribution in [2.24, 2.45) is 0 Å². The highest BCUT2D eigenvalue weighted by Crippen LogP contribution is 2.22. The van der Waals surface area contributed by atoms with Crippen LogP contribution >= 0.6 is 0 Å². The Balaban J connectivity index is 2.53. The van der Waals surface area contributed by atoms with E-state index < -0.39 is 0 Å². The van der Waals surface area contributed by atoms with Gasteiger partial charge in [0.2, 0.25) is 0 Å². The van der Waals surface area contributed by atoms with Gasteiger partial charge in [-0.2, -0.15) is 0 Å². The monoisotopic (exact) mass is 185 g/mol. The van der Waals surface area contributed by atoms with Crippen LogP contribution in [0.15, 0.2) is 0 Å². The van der Waals surface area contributed by atoms with Crippen LogP contribution in [0, 0.1) is 0 Å². The molecule has 1 N–H and O–H groups in total. The Morgan fingerprint density at radius 3 is 2.38 bits per heavy atom. The second-order valence-electron chi connectivity index (χ2n) is 4.53. The summed E-state index contributed by atoms with van der Waals surface area (Å²) in [4.78, 5) is 2.32. The molecule has 1 fully saturated rings. The van der Waals surface area contributed by atoms with Gasteiger partial charge in [-0.15, -0.1) is 0 Å². The molecule has 0 heterocycles. The van der Waals surface area contributed by atoms with E-state index in [2.05, 4.69) is 25.8 Å². The van der Waals surface area contributed by atoms with Crippen molar-refractivity contribution in [1.29, 1.82) is 0 Å². The average Bonchev–Trinajstić information content (AvgIpc) is 2.28. The predicted molar refractivity (Wildman–Crippen MR) is 55.8 cm³/mol. The molecule has 0 aromatic heterocycles. The number of likely N-dealkylation sites (N-methyl/N-ethyl adjacent to an activating group) is 1. The van der Waals surface area contributed by atoms with E-state index in [9.17, 15) is 5.11 Å². The molecule has 0 aromatic rings. The summed E-state index contributed by atoms with van der Waals surface area (Å²) in [5.74, 6) is 0. The SMILES string of the molecule is CC(C)N(C)C1CCCCCC1O. The molecule has 1 aliphatic carbocycles. The molecule has 2 nitrogen and oxygen atoms in total. The molecule has 13 heavy (non-hydrogen) atoms. The highest BCUT2D eigenvalue weighted by molar-refractivity contribution is 4.81. The van der Waals surface area contributed by atoms with Crippen molar-refractivity contribution >= 4 is 0 Å². The smallest absolute Gasteiger partial charge is 0.0695 e. The van der Waals surface area contributed by atoms with Gasteiger partial charge in [-0.1, -0.05) is 19.3 Å². The summed E-state index contributed by atoms with van der Waals surface area (Å²) < 4.78 is 0. The second kappa shape index (κ2) is 4.97. The van der Waals surface area contributed by atoms with E-state index >= 15 is 0 Å². The Hall–Kier alpha value is -0.0800. The Labute approximate surface area is 81.9 Å². The van der Waals surface area contributed by atoms with Gasteiger partial charge in [-0.05, 0) is 33.7 Å².